The van der Waals surface area contributed by atoms with Crippen molar-refractivity contribution in [1.29, 1.82) is 0 Å². The largest absolute Gasteiger partial charge is 0.457 e. The molecule has 0 bridgehead atoms. The molecular weight excluding hydrogens is 176 g/mol. The third-order valence-electron chi connectivity index (χ3n) is 2.14. The van der Waals surface area contributed by atoms with Gasteiger partial charge in [-0.1, -0.05) is 29.8 Å². The van der Waals surface area contributed by atoms with Gasteiger partial charge in [0.15, 0.2) is 6.73 Å². The molecular formula is C11H14N2O. The molecule has 0 N–H and O–H groups in total. The smallest absolute Gasteiger partial charge is 0.212 e. The summed E-state index contributed by atoms with van der Waals surface area (Å²) >= 11 is 0. The Morgan fingerprint density at radius 3 is 3.00 bits per heavy atom. The Labute approximate surface area is 84.0 Å². The maximum atomic E-state index is 5.38. The lowest BCUT2D eigenvalue weighted by molar-refractivity contribution is 0.196. The van der Waals surface area contributed by atoms with Crippen LogP contribution in [0.2, 0.25) is 0 Å². The molecule has 0 radical (unpaired) electrons. The van der Waals surface area contributed by atoms with E-state index in [1.807, 2.05) is 7.05 Å². The molecule has 0 aromatic heterocycles. The van der Waals surface area contributed by atoms with Crippen molar-refractivity contribution in [2.75, 3.05) is 13.8 Å². The first-order chi connectivity index (χ1) is 6.74. The lowest BCUT2D eigenvalue weighted by atomic mass is 10.1. The average Bonchev–Trinajstić information content (AvgIpc) is 2.51. The van der Waals surface area contributed by atoms with E-state index in [0.29, 0.717) is 6.73 Å². The molecule has 0 saturated heterocycles. The Bertz CT molecular complexity index is 360. The molecule has 0 atom stereocenters. The molecule has 1 aromatic carbocycles. The number of hydrogen-bond donors (Lipinski definition) is 0. The van der Waals surface area contributed by atoms with Crippen LogP contribution < -0.4 is 0 Å². The lowest BCUT2D eigenvalue weighted by Crippen LogP contribution is -2.06. The van der Waals surface area contributed by atoms with E-state index in [4.69, 9.17) is 4.74 Å². The quantitative estimate of drug-likeness (QED) is 0.710. The van der Waals surface area contributed by atoms with Crippen LogP contribution in [0.15, 0.2) is 29.4 Å². The molecule has 0 fully saturated rings. The number of rotatable bonds is 2. The van der Waals surface area contributed by atoms with Crippen molar-refractivity contribution in [2.24, 2.45) is 5.10 Å². The fraction of sp³-hybridized carbons (Fsp3) is 0.364. The molecule has 3 nitrogen and oxygen atoms in total. The van der Waals surface area contributed by atoms with Crippen molar-refractivity contribution in [3.05, 3.63) is 35.4 Å². The molecule has 0 spiro atoms. The molecule has 1 aromatic rings. The zero-order chi connectivity index (χ0) is 9.97. The van der Waals surface area contributed by atoms with Gasteiger partial charge in [0, 0.05) is 7.05 Å². The number of aryl methyl sites for hydroxylation is 1. The summed E-state index contributed by atoms with van der Waals surface area (Å²) in [6.45, 7) is 2.66. The Balaban J connectivity index is 2.08. The highest BCUT2D eigenvalue weighted by Crippen LogP contribution is 2.09. The minimum absolute atomic E-state index is 0.571. The van der Waals surface area contributed by atoms with E-state index < -0.39 is 0 Å². The summed E-state index contributed by atoms with van der Waals surface area (Å²) in [6, 6.07) is 8.40. The Morgan fingerprint density at radius 1 is 1.50 bits per heavy atom. The first-order valence-electron chi connectivity index (χ1n) is 4.71. The van der Waals surface area contributed by atoms with Gasteiger partial charge in [-0.15, -0.1) is 5.10 Å². The van der Waals surface area contributed by atoms with Gasteiger partial charge in [0.1, 0.15) is 0 Å². The van der Waals surface area contributed by atoms with Gasteiger partial charge in [0.05, 0.1) is 6.42 Å². The van der Waals surface area contributed by atoms with Crippen LogP contribution >= 0.6 is 0 Å². The number of hydrogen-bond acceptors (Lipinski definition) is 3. The van der Waals surface area contributed by atoms with E-state index in [2.05, 4.69) is 36.3 Å². The van der Waals surface area contributed by atoms with E-state index in [-0.39, 0.29) is 0 Å². The van der Waals surface area contributed by atoms with E-state index in [1.54, 1.807) is 5.01 Å². The Morgan fingerprint density at radius 2 is 2.36 bits per heavy atom. The van der Waals surface area contributed by atoms with Crippen LogP contribution in [0.1, 0.15) is 11.1 Å². The monoisotopic (exact) mass is 190 g/mol. The van der Waals surface area contributed by atoms with Crippen LogP contribution in [0.4, 0.5) is 0 Å². The molecule has 1 aliphatic heterocycles. The van der Waals surface area contributed by atoms with Crippen molar-refractivity contribution < 1.29 is 4.74 Å². The van der Waals surface area contributed by atoms with Crippen LogP contribution in [0, 0.1) is 6.92 Å². The molecule has 1 heterocycles. The van der Waals surface area contributed by atoms with E-state index in [0.717, 1.165) is 12.3 Å². The number of benzene rings is 1. The third kappa shape index (κ3) is 2.05. The summed E-state index contributed by atoms with van der Waals surface area (Å²) in [5, 5.41) is 6.04. The summed E-state index contributed by atoms with van der Waals surface area (Å²) in [4.78, 5) is 0. The van der Waals surface area contributed by atoms with Crippen LogP contribution in [-0.2, 0) is 11.2 Å². The van der Waals surface area contributed by atoms with Crippen molar-refractivity contribution in [3.63, 3.8) is 0 Å². The molecule has 3 heteroatoms. The highest BCUT2D eigenvalue weighted by molar-refractivity contribution is 5.79. The van der Waals surface area contributed by atoms with Crippen molar-refractivity contribution in [1.82, 2.24) is 5.01 Å². The maximum absolute atomic E-state index is 5.38. The molecule has 0 unspecified atom stereocenters. The third-order valence-corrected chi connectivity index (χ3v) is 2.14. The van der Waals surface area contributed by atoms with Gasteiger partial charge in [0.25, 0.3) is 0 Å². The topological polar surface area (TPSA) is 24.8 Å². The predicted octanol–water partition coefficient (Wildman–Crippen LogP) is 1.77. The summed E-state index contributed by atoms with van der Waals surface area (Å²) in [6.07, 6.45) is 0.784. The van der Waals surface area contributed by atoms with Crippen molar-refractivity contribution >= 4 is 5.90 Å². The predicted molar refractivity (Wildman–Crippen MR) is 56.0 cm³/mol. The van der Waals surface area contributed by atoms with Gasteiger partial charge in [0.2, 0.25) is 5.90 Å². The molecule has 14 heavy (non-hydrogen) atoms. The molecule has 74 valence electrons. The maximum Gasteiger partial charge on any atom is 0.212 e. The van der Waals surface area contributed by atoms with Crippen LogP contribution in [0.25, 0.3) is 0 Å². The molecule has 0 aliphatic carbocycles. The zero-order valence-corrected chi connectivity index (χ0v) is 8.53. The SMILES string of the molecule is Cc1cccc(CC2=NN(C)CO2)c1. The second-order valence-corrected chi connectivity index (χ2v) is 3.59. The minimum Gasteiger partial charge on any atom is -0.457 e. The highest BCUT2D eigenvalue weighted by Gasteiger charge is 2.11. The number of nitrogens with zero attached hydrogens (tertiary/aromatic N) is 2. The average molecular weight is 190 g/mol. The van der Waals surface area contributed by atoms with Gasteiger partial charge >= 0.3 is 0 Å². The number of ether oxygens (including phenoxy) is 1. The van der Waals surface area contributed by atoms with E-state index in [9.17, 15) is 0 Å². The standard InChI is InChI=1S/C11H14N2O/c1-9-4-3-5-10(6-9)7-11-12-13(2)8-14-11/h3-6H,7-8H2,1-2H3. The van der Waals surface area contributed by atoms with Crippen molar-refractivity contribution in [2.45, 2.75) is 13.3 Å². The Hall–Kier alpha value is -1.51. The van der Waals surface area contributed by atoms with Crippen LogP contribution in [-0.4, -0.2) is 24.7 Å². The van der Waals surface area contributed by atoms with Crippen molar-refractivity contribution in [3.8, 4) is 0 Å². The summed E-state index contributed by atoms with van der Waals surface area (Å²) < 4.78 is 5.38. The summed E-state index contributed by atoms with van der Waals surface area (Å²) in [5.41, 5.74) is 2.52. The highest BCUT2D eigenvalue weighted by atomic mass is 16.5. The first-order valence-corrected chi connectivity index (χ1v) is 4.71. The normalized spacial score (nSPS) is 15.3. The van der Waals surface area contributed by atoms with Gasteiger partial charge in [-0.25, -0.2) is 0 Å². The first kappa shape index (κ1) is 9.06. The summed E-state index contributed by atoms with van der Waals surface area (Å²) in [5.74, 6) is 0.804. The second-order valence-electron chi connectivity index (χ2n) is 3.59. The number of hydrazone groups is 1. The fourth-order valence-corrected chi connectivity index (χ4v) is 1.50. The zero-order valence-electron chi connectivity index (χ0n) is 8.53. The molecule has 0 saturated carbocycles. The van der Waals surface area contributed by atoms with Crippen LogP contribution in [0.3, 0.4) is 0 Å². The van der Waals surface area contributed by atoms with Gasteiger partial charge in [-0.2, -0.15) is 0 Å². The van der Waals surface area contributed by atoms with Gasteiger partial charge < -0.3 is 4.74 Å². The second kappa shape index (κ2) is 3.70. The van der Waals surface area contributed by atoms with Gasteiger partial charge in [-0.05, 0) is 12.5 Å². The minimum atomic E-state index is 0.571. The van der Waals surface area contributed by atoms with E-state index >= 15 is 0 Å². The molecule has 1 aliphatic rings. The fourth-order valence-electron chi connectivity index (χ4n) is 1.50. The Kier molecular flexibility index (Phi) is 2.39. The van der Waals surface area contributed by atoms with E-state index in [1.165, 1.54) is 11.1 Å². The van der Waals surface area contributed by atoms with Gasteiger partial charge in [-0.3, -0.25) is 5.01 Å². The summed E-state index contributed by atoms with van der Waals surface area (Å²) in [7, 11) is 1.91. The molecule has 0 amide bonds. The van der Waals surface area contributed by atoms with Crippen LogP contribution in [0.5, 0.6) is 0 Å². The molecule has 2 rings (SSSR count). The lowest BCUT2D eigenvalue weighted by Gasteiger charge is -2.01.